The number of nitrogens with one attached hydrogen (secondary N) is 1. The van der Waals surface area contributed by atoms with Gasteiger partial charge in [-0.1, -0.05) is 37.5 Å². The number of anilines is 1. The van der Waals surface area contributed by atoms with Gasteiger partial charge in [-0.25, -0.2) is 4.79 Å². The van der Waals surface area contributed by atoms with Crippen LogP contribution in [0.3, 0.4) is 0 Å². The molecule has 1 aliphatic carbocycles. The predicted octanol–water partition coefficient (Wildman–Crippen LogP) is 3.85. The highest BCUT2D eigenvalue weighted by Crippen LogP contribution is 2.27. The van der Waals surface area contributed by atoms with E-state index in [9.17, 15) is 9.59 Å². The van der Waals surface area contributed by atoms with Gasteiger partial charge in [-0.05, 0) is 38.3 Å². The predicted molar refractivity (Wildman–Crippen MR) is 104 cm³/mol. The molecular formula is C21H27N3O3. The highest BCUT2D eigenvalue weighted by atomic mass is 16.5. The fourth-order valence-corrected chi connectivity index (χ4v) is 3.75. The lowest BCUT2D eigenvalue weighted by atomic mass is 9.88. The quantitative estimate of drug-likeness (QED) is 0.813. The van der Waals surface area contributed by atoms with Gasteiger partial charge in [0, 0.05) is 5.92 Å². The van der Waals surface area contributed by atoms with Crippen molar-refractivity contribution in [2.45, 2.75) is 52.5 Å². The van der Waals surface area contributed by atoms with E-state index in [0.29, 0.717) is 12.1 Å². The van der Waals surface area contributed by atoms with Crippen LogP contribution in [0.2, 0.25) is 0 Å². The molecule has 0 unspecified atom stereocenters. The molecule has 2 aromatic rings. The highest BCUT2D eigenvalue weighted by Gasteiger charge is 2.23. The summed E-state index contributed by atoms with van der Waals surface area (Å²) in [6, 6.07) is 7.34. The van der Waals surface area contributed by atoms with E-state index in [2.05, 4.69) is 10.4 Å². The monoisotopic (exact) mass is 369 g/mol. The van der Waals surface area contributed by atoms with Crippen molar-refractivity contribution in [1.82, 2.24) is 9.78 Å². The molecule has 27 heavy (non-hydrogen) atoms. The fourth-order valence-electron chi connectivity index (χ4n) is 3.75. The van der Waals surface area contributed by atoms with Crippen molar-refractivity contribution in [3.8, 4) is 0 Å². The summed E-state index contributed by atoms with van der Waals surface area (Å²) >= 11 is 0. The van der Waals surface area contributed by atoms with Gasteiger partial charge >= 0.3 is 5.97 Å². The lowest BCUT2D eigenvalue weighted by molar-refractivity contribution is -0.120. The lowest BCUT2D eigenvalue weighted by Crippen LogP contribution is -2.25. The molecule has 0 saturated heterocycles. The maximum Gasteiger partial charge on any atom is 0.338 e. The molecule has 6 heteroatoms. The third kappa shape index (κ3) is 4.21. The summed E-state index contributed by atoms with van der Waals surface area (Å²) < 4.78 is 6.69. The van der Waals surface area contributed by atoms with Crippen LogP contribution in [-0.2, 0) is 16.1 Å². The zero-order chi connectivity index (χ0) is 19.4. The van der Waals surface area contributed by atoms with Crippen LogP contribution in [0.4, 0.5) is 5.69 Å². The summed E-state index contributed by atoms with van der Waals surface area (Å²) in [6.07, 6.45) is 5.40. The number of carbonyl (C=O) groups excluding carboxylic acids is 2. The molecule has 0 spiro atoms. The SMILES string of the molecule is COC(=O)c1ccccc1Cn1nc(C)c(NC(=O)C2CCCCC2)c1C. The van der Waals surface area contributed by atoms with Gasteiger partial charge < -0.3 is 10.1 Å². The van der Waals surface area contributed by atoms with Crippen molar-refractivity contribution in [3.63, 3.8) is 0 Å². The van der Waals surface area contributed by atoms with Gasteiger partial charge in [-0.15, -0.1) is 0 Å². The molecule has 6 nitrogen and oxygen atoms in total. The van der Waals surface area contributed by atoms with Gasteiger partial charge in [0.05, 0.1) is 36.3 Å². The largest absolute Gasteiger partial charge is 0.465 e. The molecule has 1 heterocycles. The Bertz CT molecular complexity index is 835. The second-order valence-electron chi connectivity index (χ2n) is 7.18. The number of nitrogens with zero attached hydrogens (tertiary/aromatic N) is 2. The van der Waals surface area contributed by atoms with E-state index in [-0.39, 0.29) is 17.8 Å². The normalized spacial score (nSPS) is 14.8. The number of methoxy groups -OCH3 is 1. The third-order valence-electron chi connectivity index (χ3n) is 5.35. The van der Waals surface area contributed by atoms with Crippen molar-refractivity contribution in [2.75, 3.05) is 12.4 Å². The summed E-state index contributed by atoms with van der Waals surface area (Å²) in [5.41, 5.74) is 3.81. The van der Waals surface area contributed by atoms with Crippen molar-refractivity contribution < 1.29 is 14.3 Å². The zero-order valence-electron chi connectivity index (χ0n) is 16.2. The van der Waals surface area contributed by atoms with Gasteiger partial charge in [-0.2, -0.15) is 5.10 Å². The van der Waals surface area contributed by atoms with Gasteiger partial charge in [0.25, 0.3) is 0 Å². The number of benzene rings is 1. The van der Waals surface area contributed by atoms with E-state index in [1.54, 1.807) is 6.07 Å². The van der Waals surface area contributed by atoms with Crippen molar-refractivity contribution in [2.24, 2.45) is 5.92 Å². The second kappa shape index (κ2) is 8.37. The maximum atomic E-state index is 12.6. The van der Waals surface area contributed by atoms with E-state index in [4.69, 9.17) is 4.74 Å². The first-order valence-corrected chi connectivity index (χ1v) is 9.52. The number of hydrogen-bond acceptors (Lipinski definition) is 4. The van der Waals surface area contributed by atoms with Crippen LogP contribution in [-0.4, -0.2) is 28.8 Å². The molecule has 144 valence electrons. The van der Waals surface area contributed by atoms with E-state index >= 15 is 0 Å². The number of esters is 1. The van der Waals surface area contributed by atoms with Crippen molar-refractivity contribution in [3.05, 3.63) is 46.8 Å². The molecule has 1 fully saturated rings. The number of aromatic nitrogens is 2. The van der Waals surface area contributed by atoms with Gasteiger partial charge in [0.2, 0.25) is 5.91 Å². The molecule has 0 atom stereocenters. The van der Waals surface area contributed by atoms with Crippen LogP contribution in [0.1, 0.15) is 59.4 Å². The highest BCUT2D eigenvalue weighted by molar-refractivity contribution is 5.93. The van der Waals surface area contributed by atoms with E-state index in [0.717, 1.165) is 48.3 Å². The van der Waals surface area contributed by atoms with Crippen molar-refractivity contribution in [1.29, 1.82) is 0 Å². The first kappa shape index (κ1) is 19.1. The number of carbonyl (C=O) groups is 2. The number of hydrogen-bond donors (Lipinski definition) is 1. The molecule has 1 saturated carbocycles. The Labute approximate surface area is 159 Å². The molecule has 0 bridgehead atoms. The molecule has 1 N–H and O–H groups in total. The molecule has 1 aliphatic rings. The van der Waals surface area contributed by atoms with E-state index in [1.165, 1.54) is 13.5 Å². The van der Waals surface area contributed by atoms with E-state index in [1.807, 2.05) is 36.7 Å². The Morgan fingerprint density at radius 2 is 1.89 bits per heavy atom. The number of ether oxygens (including phenoxy) is 1. The van der Waals surface area contributed by atoms with Gasteiger partial charge in [0.15, 0.2) is 0 Å². The van der Waals surface area contributed by atoms with Crippen LogP contribution in [0.5, 0.6) is 0 Å². The molecular weight excluding hydrogens is 342 g/mol. The Balaban J connectivity index is 1.80. The summed E-state index contributed by atoms with van der Waals surface area (Å²) in [5.74, 6) is -0.172. The molecule has 1 aromatic carbocycles. The first-order valence-electron chi connectivity index (χ1n) is 9.52. The maximum absolute atomic E-state index is 12.6. The van der Waals surface area contributed by atoms with Crippen LogP contribution in [0, 0.1) is 19.8 Å². The lowest BCUT2D eigenvalue weighted by Gasteiger charge is -2.20. The minimum Gasteiger partial charge on any atom is -0.465 e. The van der Waals surface area contributed by atoms with Crippen LogP contribution in [0.25, 0.3) is 0 Å². The molecule has 1 aromatic heterocycles. The minimum absolute atomic E-state index is 0.0930. The Kier molecular flexibility index (Phi) is 5.94. The fraction of sp³-hybridized carbons (Fsp3) is 0.476. The molecule has 3 rings (SSSR count). The van der Waals surface area contributed by atoms with Crippen LogP contribution < -0.4 is 5.32 Å². The Morgan fingerprint density at radius 1 is 1.19 bits per heavy atom. The number of amides is 1. The Hall–Kier alpha value is -2.63. The summed E-state index contributed by atoms with van der Waals surface area (Å²) in [5, 5.41) is 7.67. The molecule has 0 radical (unpaired) electrons. The summed E-state index contributed by atoms with van der Waals surface area (Å²) in [7, 11) is 1.38. The standard InChI is InChI=1S/C21H27N3O3/c1-14-19(22-20(25)16-9-5-4-6-10-16)15(2)24(23-14)13-17-11-7-8-12-18(17)21(26)27-3/h7-8,11-12,16H,4-6,9-10,13H2,1-3H3,(H,22,25). The summed E-state index contributed by atoms with van der Waals surface area (Å²) in [4.78, 5) is 24.6. The minimum atomic E-state index is -0.363. The molecule has 1 amide bonds. The smallest absolute Gasteiger partial charge is 0.338 e. The summed E-state index contributed by atoms with van der Waals surface area (Å²) in [6.45, 7) is 4.28. The number of aryl methyl sites for hydroxylation is 1. The second-order valence-corrected chi connectivity index (χ2v) is 7.18. The topological polar surface area (TPSA) is 73.2 Å². The van der Waals surface area contributed by atoms with Gasteiger partial charge in [0.1, 0.15) is 0 Å². The molecule has 0 aliphatic heterocycles. The average Bonchev–Trinajstić information content (AvgIpc) is 2.95. The van der Waals surface area contributed by atoms with Crippen molar-refractivity contribution >= 4 is 17.6 Å². The van der Waals surface area contributed by atoms with Crippen LogP contribution in [0.15, 0.2) is 24.3 Å². The zero-order valence-corrected chi connectivity index (χ0v) is 16.2. The first-order chi connectivity index (χ1) is 13.0. The third-order valence-corrected chi connectivity index (χ3v) is 5.35. The average molecular weight is 369 g/mol. The number of rotatable bonds is 5. The Morgan fingerprint density at radius 3 is 2.59 bits per heavy atom. The van der Waals surface area contributed by atoms with E-state index < -0.39 is 0 Å². The van der Waals surface area contributed by atoms with Gasteiger partial charge in [-0.3, -0.25) is 9.48 Å². The van der Waals surface area contributed by atoms with Crippen LogP contribution >= 0.6 is 0 Å².